The van der Waals surface area contributed by atoms with Gasteiger partial charge in [-0.25, -0.2) is 9.98 Å². The number of terminal acetylenes is 1. The Balaban J connectivity index is 1.78. The van der Waals surface area contributed by atoms with E-state index in [4.69, 9.17) is 27.5 Å². The van der Waals surface area contributed by atoms with Crippen molar-refractivity contribution in [3.8, 4) is 23.8 Å². The molecule has 0 aliphatic rings. The van der Waals surface area contributed by atoms with Gasteiger partial charge in [-0.2, -0.15) is 0 Å². The van der Waals surface area contributed by atoms with Crippen LogP contribution >= 0.6 is 11.6 Å². The Hall–Kier alpha value is -4.74. The Labute approximate surface area is 233 Å². The molecular formula is C30H29ClN4O4. The Morgan fingerprint density at radius 3 is 2.31 bits per heavy atom. The van der Waals surface area contributed by atoms with Gasteiger partial charge in [-0.15, -0.1) is 6.42 Å². The molecule has 0 bridgehead atoms. The van der Waals surface area contributed by atoms with Crippen LogP contribution in [0.2, 0.25) is 5.02 Å². The molecule has 0 aliphatic heterocycles. The number of guanidine groups is 1. The highest BCUT2D eigenvalue weighted by atomic mass is 35.5. The molecule has 3 rings (SSSR count). The highest BCUT2D eigenvalue weighted by molar-refractivity contribution is 6.30. The number of nitrogens with one attached hydrogen (secondary N) is 1. The van der Waals surface area contributed by atoms with Crippen molar-refractivity contribution in [3.63, 3.8) is 0 Å². The second-order valence-electron chi connectivity index (χ2n) is 8.25. The van der Waals surface area contributed by atoms with Gasteiger partial charge >= 0.3 is 0 Å². The van der Waals surface area contributed by atoms with E-state index < -0.39 is 5.91 Å². The molecule has 9 heteroatoms. The number of aliphatic hydroxyl groups is 1. The monoisotopic (exact) mass is 544 g/mol. The zero-order valence-corrected chi connectivity index (χ0v) is 22.4. The second-order valence-corrected chi connectivity index (χ2v) is 8.69. The molecule has 3 aromatic carbocycles. The van der Waals surface area contributed by atoms with E-state index in [-0.39, 0.29) is 12.1 Å². The summed E-state index contributed by atoms with van der Waals surface area (Å²) in [5.74, 6) is 3.53. The van der Waals surface area contributed by atoms with Crippen molar-refractivity contribution < 1.29 is 19.4 Å². The summed E-state index contributed by atoms with van der Waals surface area (Å²) in [7, 11) is 3.44. The molecule has 0 saturated carbocycles. The molecule has 0 aromatic heterocycles. The standard InChI is InChI=1S/C30H29ClN4O4/c1-4-17-32-29(37)24(20-36)18-33-30(35(2)19-22-5-9-25(31)10-6-22)34-26-11-15-28(16-12-26)39-21-23-7-13-27(38-3)14-8-23/h1,5-16,18,20,36H,17,19,21H2,2-3H3,(H,32,37)/b24-20-,33-18-,34-30?. The molecule has 200 valence electrons. The van der Waals surface area contributed by atoms with E-state index in [9.17, 15) is 9.90 Å². The summed E-state index contributed by atoms with van der Waals surface area (Å²) < 4.78 is 11.1. The maximum Gasteiger partial charge on any atom is 0.256 e. The first-order valence-electron chi connectivity index (χ1n) is 11.9. The van der Waals surface area contributed by atoms with Gasteiger partial charge in [0.25, 0.3) is 5.91 Å². The number of hydrogen-bond acceptors (Lipinski definition) is 5. The zero-order chi connectivity index (χ0) is 28.0. The van der Waals surface area contributed by atoms with Crippen LogP contribution in [0.4, 0.5) is 5.69 Å². The Morgan fingerprint density at radius 2 is 1.69 bits per heavy atom. The lowest BCUT2D eigenvalue weighted by Gasteiger charge is -2.18. The zero-order valence-electron chi connectivity index (χ0n) is 21.7. The van der Waals surface area contributed by atoms with E-state index in [0.29, 0.717) is 41.8 Å². The molecule has 8 nitrogen and oxygen atoms in total. The largest absolute Gasteiger partial charge is 0.515 e. The minimum absolute atomic E-state index is 0.0221. The molecule has 3 aromatic rings. The summed E-state index contributed by atoms with van der Waals surface area (Å²) in [5.41, 5.74) is 2.54. The van der Waals surface area contributed by atoms with Crippen molar-refractivity contribution in [1.29, 1.82) is 0 Å². The third-order valence-corrected chi connectivity index (χ3v) is 5.63. The molecule has 1 amide bonds. The normalized spacial score (nSPS) is 11.6. The SMILES string of the molecule is C#CCNC(=O)C(/C=N\C(=Nc1ccc(OCc2ccc(OC)cc2)cc1)N(C)Cc1ccc(Cl)cc1)=C\O. The molecule has 0 heterocycles. The number of benzene rings is 3. The van der Waals surface area contributed by atoms with Gasteiger partial charge in [-0.1, -0.05) is 41.8 Å². The number of amides is 1. The van der Waals surface area contributed by atoms with Crippen molar-refractivity contribution in [3.05, 3.63) is 101 Å². The fraction of sp³-hybridized carbons (Fsp3) is 0.167. The number of methoxy groups -OCH3 is 1. The van der Waals surface area contributed by atoms with Gasteiger partial charge in [-0.05, 0) is 59.7 Å². The minimum Gasteiger partial charge on any atom is -0.515 e. The fourth-order valence-corrected chi connectivity index (χ4v) is 3.41. The van der Waals surface area contributed by atoms with Crippen LogP contribution in [0.3, 0.4) is 0 Å². The predicted octanol–water partition coefficient (Wildman–Crippen LogP) is 5.31. The number of ether oxygens (including phenoxy) is 2. The number of aliphatic imine (C=N–C) groups is 2. The predicted molar refractivity (Wildman–Crippen MR) is 155 cm³/mol. The molecule has 0 saturated heterocycles. The molecule has 39 heavy (non-hydrogen) atoms. The van der Waals surface area contributed by atoms with Gasteiger partial charge in [0.15, 0.2) is 0 Å². The average molecular weight is 545 g/mol. The van der Waals surface area contributed by atoms with E-state index >= 15 is 0 Å². The van der Waals surface area contributed by atoms with E-state index in [0.717, 1.165) is 16.9 Å². The van der Waals surface area contributed by atoms with Crippen LogP contribution in [0.25, 0.3) is 0 Å². The molecule has 0 unspecified atom stereocenters. The first-order chi connectivity index (χ1) is 18.9. The van der Waals surface area contributed by atoms with Crippen LogP contribution in [-0.4, -0.2) is 48.8 Å². The van der Waals surface area contributed by atoms with Crippen LogP contribution in [0, 0.1) is 12.3 Å². The van der Waals surface area contributed by atoms with Crippen molar-refractivity contribution in [2.75, 3.05) is 20.7 Å². The lowest BCUT2D eigenvalue weighted by atomic mass is 10.2. The molecule has 0 spiro atoms. The molecule has 2 N–H and O–H groups in total. The molecule has 0 aliphatic carbocycles. The van der Waals surface area contributed by atoms with E-state index in [1.165, 1.54) is 6.21 Å². The van der Waals surface area contributed by atoms with E-state index in [1.54, 1.807) is 31.4 Å². The topological polar surface area (TPSA) is 95.8 Å². The number of carbonyl (C=O) groups is 1. The first kappa shape index (κ1) is 28.8. The smallest absolute Gasteiger partial charge is 0.256 e. The van der Waals surface area contributed by atoms with Crippen molar-refractivity contribution >= 4 is 35.4 Å². The van der Waals surface area contributed by atoms with Crippen molar-refractivity contribution in [2.24, 2.45) is 9.98 Å². The maximum atomic E-state index is 12.2. The Bertz CT molecular complexity index is 1360. The van der Waals surface area contributed by atoms with Crippen LogP contribution in [-0.2, 0) is 17.9 Å². The van der Waals surface area contributed by atoms with Gasteiger partial charge in [0.1, 0.15) is 18.1 Å². The quantitative estimate of drug-likeness (QED) is 0.119. The number of nitrogens with zero attached hydrogens (tertiary/aromatic N) is 3. The molecule has 0 fully saturated rings. The number of carbonyl (C=O) groups excluding carboxylic acids is 1. The highest BCUT2D eigenvalue weighted by Gasteiger charge is 2.10. The van der Waals surface area contributed by atoms with Crippen LogP contribution in [0.1, 0.15) is 11.1 Å². The average Bonchev–Trinajstić information content (AvgIpc) is 2.96. The summed E-state index contributed by atoms with van der Waals surface area (Å²) >= 11 is 6.01. The third-order valence-electron chi connectivity index (χ3n) is 5.38. The minimum atomic E-state index is -0.558. The lowest BCUT2D eigenvalue weighted by Crippen LogP contribution is -2.27. The summed E-state index contributed by atoms with van der Waals surface area (Å²) in [5, 5.41) is 12.7. The van der Waals surface area contributed by atoms with Gasteiger partial charge < -0.3 is 24.8 Å². The fourth-order valence-electron chi connectivity index (χ4n) is 3.28. The Morgan fingerprint density at radius 1 is 1.05 bits per heavy atom. The summed E-state index contributed by atoms with van der Waals surface area (Å²) in [6.07, 6.45) is 7.09. The molecule has 0 atom stereocenters. The van der Waals surface area contributed by atoms with Crippen LogP contribution in [0.15, 0.2) is 94.6 Å². The molecular weight excluding hydrogens is 516 g/mol. The van der Waals surface area contributed by atoms with Gasteiger partial charge in [0, 0.05) is 24.8 Å². The van der Waals surface area contributed by atoms with Crippen molar-refractivity contribution in [1.82, 2.24) is 10.2 Å². The second kappa shape index (κ2) is 14.9. The number of hydrogen-bond donors (Lipinski definition) is 2. The number of rotatable bonds is 10. The number of aliphatic hydroxyl groups excluding tert-OH is 1. The Kier molecular flexibility index (Phi) is 11.0. The van der Waals surface area contributed by atoms with Crippen LogP contribution in [0.5, 0.6) is 11.5 Å². The van der Waals surface area contributed by atoms with Crippen molar-refractivity contribution in [2.45, 2.75) is 13.2 Å². The van der Waals surface area contributed by atoms with Gasteiger partial charge in [0.2, 0.25) is 5.96 Å². The summed E-state index contributed by atoms with van der Waals surface area (Å²) in [4.78, 5) is 23.1. The third kappa shape index (κ3) is 9.26. The van der Waals surface area contributed by atoms with E-state index in [2.05, 4.69) is 21.2 Å². The maximum absolute atomic E-state index is 12.2. The number of halogens is 1. The van der Waals surface area contributed by atoms with E-state index in [1.807, 2.05) is 60.5 Å². The van der Waals surface area contributed by atoms with Crippen LogP contribution < -0.4 is 14.8 Å². The highest BCUT2D eigenvalue weighted by Crippen LogP contribution is 2.21. The summed E-state index contributed by atoms with van der Waals surface area (Å²) in [6.45, 7) is 0.899. The molecule has 0 radical (unpaired) electrons. The van der Waals surface area contributed by atoms with Gasteiger partial charge in [0.05, 0.1) is 31.2 Å². The summed E-state index contributed by atoms with van der Waals surface area (Å²) in [6, 6.07) is 22.3. The lowest BCUT2D eigenvalue weighted by molar-refractivity contribution is -0.116. The first-order valence-corrected chi connectivity index (χ1v) is 12.3. The van der Waals surface area contributed by atoms with Gasteiger partial charge in [-0.3, -0.25) is 4.79 Å².